The van der Waals surface area contributed by atoms with E-state index in [1.807, 2.05) is 0 Å². The van der Waals surface area contributed by atoms with Crippen molar-refractivity contribution in [2.75, 3.05) is 13.1 Å². The molecule has 0 saturated carbocycles. The van der Waals surface area contributed by atoms with Gasteiger partial charge in [-0.3, -0.25) is 4.79 Å². The quantitative estimate of drug-likeness (QED) is 0.716. The van der Waals surface area contributed by atoms with Gasteiger partial charge in [-0.25, -0.2) is 22.9 Å². The van der Waals surface area contributed by atoms with Gasteiger partial charge in [0.05, 0.1) is 0 Å². The van der Waals surface area contributed by atoms with E-state index in [1.165, 1.54) is 11.1 Å². The summed E-state index contributed by atoms with van der Waals surface area (Å²) in [7, 11) is -2.10. The lowest BCUT2D eigenvalue weighted by molar-refractivity contribution is -0.148. The third kappa shape index (κ3) is 3.88. The summed E-state index contributed by atoms with van der Waals surface area (Å²) in [5, 5.41) is 8.95. The average molecular weight is 344 g/mol. The van der Waals surface area contributed by atoms with Crippen LogP contribution in [0.3, 0.4) is 0 Å². The van der Waals surface area contributed by atoms with Crippen LogP contribution in [0.25, 0.3) is 0 Å². The van der Waals surface area contributed by atoms with Crippen molar-refractivity contribution < 1.29 is 23.1 Å². The van der Waals surface area contributed by atoms with Crippen LogP contribution >= 0.6 is 0 Å². The van der Waals surface area contributed by atoms with E-state index in [0.29, 0.717) is 25.2 Å². The summed E-state index contributed by atoms with van der Waals surface area (Å²) < 4.78 is 28.0. The van der Waals surface area contributed by atoms with Crippen molar-refractivity contribution in [1.82, 2.24) is 19.2 Å². The molecule has 9 nitrogen and oxygen atoms in total. The molecule has 0 radical (unpaired) electrons. The molecule has 1 aromatic rings. The van der Waals surface area contributed by atoms with Gasteiger partial charge in [0.1, 0.15) is 11.9 Å². The molecule has 1 atom stereocenters. The monoisotopic (exact) mass is 344 g/mol. The Labute approximate surface area is 134 Å². The second-order valence-electron chi connectivity index (χ2n) is 5.47. The summed E-state index contributed by atoms with van der Waals surface area (Å²) in [6.45, 7) is 1.98. The number of aromatic nitrogens is 2. The maximum atomic E-state index is 12.1. The average Bonchev–Trinajstić information content (AvgIpc) is 3.06. The van der Waals surface area contributed by atoms with Crippen LogP contribution in [-0.2, 0) is 26.7 Å². The highest BCUT2D eigenvalue weighted by atomic mass is 32.2. The molecule has 2 rings (SSSR count). The van der Waals surface area contributed by atoms with Gasteiger partial charge in [0, 0.05) is 32.8 Å². The second-order valence-corrected chi connectivity index (χ2v) is 7.18. The number of likely N-dealkylation sites (tertiary alicyclic amines) is 1. The lowest BCUT2D eigenvalue weighted by Gasteiger charge is -2.21. The topological polar surface area (TPSA) is 122 Å². The van der Waals surface area contributed by atoms with Crippen LogP contribution in [0.4, 0.5) is 0 Å². The standard InChI is InChI=1S/C13H20N4O5S/c1-9-15-11(8-16(9)2)23(21,22)14-6-5-12(18)17-7-3-4-10(17)13(19)20/h8,10,14H,3-7H2,1-2H3,(H,19,20)/t10-/m0/s1. The van der Waals surface area contributed by atoms with Gasteiger partial charge in [-0.15, -0.1) is 0 Å². The highest BCUT2D eigenvalue weighted by Crippen LogP contribution is 2.18. The largest absolute Gasteiger partial charge is 0.480 e. The Morgan fingerprint density at radius 3 is 2.74 bits per heavy atom. The molecule has 0 aliphatic carbocycles. The van der Waals surface area contributed by atoms with Crippen molar-refractivity contribution in [3.05, 3.63) is 12.0 Å². The van der Waals surface area contributed by atoms with Gasteiger partial charge in [0.2, 0.25) is 5.91 Å². The zero-order valence-corrected chi connectivity index (χ0v) is 13.8. The number of aryl methyl sites for hydroxylation is 2. The molecule has 128 valence electrons. The first-order valence-corrected chi connectivity index (χ1v) is 8.72. The minimum Gasteiger partial charge on any atom is -0.480 e. The van der Waals surface area contributed by atoms with Gasteiger partial charge < -0.3 is 14.6 Å². The number of hydrogen-bond donors (Lipinski definition) is 2. The van der Waals surface area contributed by atoms with Gasteiger partial charge in [0.15, 0.2) is 5.03 Å². The lowest BCUT2D eigenvalue weighted by Crippen LogP contribution is -2.41. The molecule has 2 N–H and O–H groups in total. The molecule has 0 bridgehead atoms. The highest BCUT2D eigenvalue weighted by molar-refractivity contribution is 7.89. The van der Waals surface area contributed by atoms with E-state index in [2.05, 4.69) is 9.71 Å². The Morgan fingerprint density at radius 2 is 2.17 bits per heavy atom. The highest BCUT2D eigenvalue weighted by Gasteiger charge is 2.33. The first-order valence-electron chi connectivity index (χ1n) is 7.24. The smallest absolute Gasteiger partial charge is 0.326 e. The number of carboxylic acid groups (broad SMARTS) is 1. The first kappa shape index (κ1) is 17.4. The minimum absolute atomic E-state index is 0.0885. The Kier molecular flexibility index (Phi) is 5.05. The summed E-state index contributed by atoms with van der Waals surface area (Å²) in [5.74, 6) is -0.835. The molecule has 0 spiro atoms. The third-order valence-electron chi connectivity index (χ3n) is 3.85. The normalized spacial score (nSPS) is 18.3. The number of amides is 1. The van der Waals surface area contributed by atoms with Crippen molar-refractivity contribution in [1.29, 1.82) is 0 Å². The minimum atomic E-state index is -3.78. The van der Waals surface area contributed by atoms with E-state index < -0.39 is 22.0 Å². The van der Waals surface area contributed by atoms with Crippen molar-refractivity contribution in [3.8, 4) is 0 Å². The molecule has 1 fully saturated rings. The van der Waals surface area contributed by atoms with Crippen molar-refractivity contribution in [2.24, 2.45) is 7.05 Å². The number of nitrogens with zero attached hydrogens (tertiary/aromatic N) is 3. The number of hydrogen-bond acceptors (Lipinski definition) is 5. The molecule has 1 aliphatic heterocycles. The molecule has 23 heavy (non-hydrogen) atoms. The van der Waals surface area contributed by atoms with Gasteiger partial charge in [0.25, 0.3) is 10.0 Å². The molecule has 1 amide bonds. The predicted molar refractivity (Wildman–Crippen MR) is 80.1 cm³/mol. The Balaban J connectivity index is 1.91. The number of carboxylic acids is 1. The van der Waals surface area contributed by atoms with Crippen LogP contribution < -0.4 is 4.72 Å². The molecule has 2 heterocycles. The van der Waals surface area contributed by atoms with E-state index in [9.17, 15) is 18.0 Å². The molecular formula is C13H20N4O5S. The second kappa shape index (κ2) is 6.67. The molecule has 0 unspecified atom stereocenters. The Hall–Kier alpha value is -1.94. The molecule has 0 aromatic carbocycles. The fourth-order valence-electron chi connectivity index (χ4n) is 2.49. The van der Waals surface area contributed by atoms with Crippen LogP contribution in [0, 0.1) is 6.92 Å². The van der Waals surface area contributed by atoms with E-state index in [0.717, 1.165) is 0 Å². The first-order chi connectivity index (χ1) is 10.7. The molecule has 10 heteroatoms. The number of nitrogens with one attached hydrogen (secondary N) is 1. The summed E-state index contributed by atoms with van der Waals surface area (Å²) in [6, 6.07) is -0.808. The van der Waals surface area contributed by atoms with E-state index in [1.54, 1.807) is 18.5 Å². The van der Waals surface area contributed by atoms with Crippen LogP contribution in [0.1, 0.15) is 25.1 Å². The number of rotatable bonds is 6. The number of imidazole rings is 1. The fourth-order valence-corrected chi connectivity index (χ4v) is 3.56. The summed E-state index contributed by atoms with van der Waals surface area (Å²) >= 11 is 0. The molecule has 1 aromatic heterocycles. The van der Waals surface area contributed by atoms with Crippen molar-refractivity contribution in [2.45, 2.75) is 37.3 Å². The van der Waals surface area contributed by atoms with Crippen LogP contribution in [0.15, 0.2) is 11.2 Å². The van der Waals surface area contributed by atoms with Crippen LogP contribution in [-0.4, -0.2) is 59.0 Å². The SMILES string of the molecule is Cc1nc(S(=O)(=O)NCCC(=O)N2CCC[C@H]2C(=O)O)cn1C. The zero-order chi connectivity index (χ0) is 17.2. The molecule has 1 aliphatic rings. The predicted octanol–water partition coefficient (Wildman–Crippen LogP) is -0.527. The van der Waals surface area contributed by atoms with Gasteiger partial charge in [-0.1, -0.05) is 0 Å². The van der Waals surface area contributed by atoms with Gasteiger partial charge in [-0.2, -0.15) is 0 Å². The number of carbonyl (C=O) groups is 2. The van der Waals surface area contributed by atoms with Crippen molar-refractivity contribution in [3.63, 3.8) is 0 Å². The summed E-state index contributed by atoms with van der Waals surface area (Å²) in [5.41, 5.74) is 0. The molecule has 1 saturated heterocycles. The van der Waals surface area contributed by atoms with E-state index in [4.69, 9.17) is 5.11 Å². The number of aliphatic carboxylic acids is 1. The summed E-state index contributed by atoms with van der Waals surface area (Å²) in [4.78, 5) is 28.3. The Bertz CT molecular complexity index is 692. The van der Waals surface area contributed by atoms with Gasteiger partial charge >= 0.3 is 5.97 Å². The maximum absolute atomic E-state index is 12.1. The molecular weight excluding hydrogens is 324 g/mol. The maximum Gasteiger partial charge on any atom is 0.326 e. The van der Waals surface area contributed by atoms with Gasteiger partial charge in [-0.05, 0) is 19.8 Å². The lowest BCUT2D eigenvalue weighted by atomic mass is 10.2. The summed E-state index contributed by atoms with van der Waals surface area (Å²) in [6.07, 6.45) is 2.37. The van der Waals surface area contributed by atoms with Crippen LogP contribution in [0.2, 0.25) is 0 Å². The Morgan fingerprint density at radius 1 is 1.48 bits per heavy atom. The number of sulfonamides is 1. The van der Waals surface area contributed by atoms with Crippen LogP contribution in [0.5, 0.6) is 0 Å². The number of carbonyl (C=O) groups excluding carboxylic acids is 1. The fraction of sp³-hybridized carbons (Fsp3) is 0.615. The van der Waals surface area contributed by atoms with E-state index in [-0.39, 0.29) is 23.9 Å². The van der Waals surface area contributed by atoms with Crippen molar-refractivity contribution >= 4 is 21.9 Å². The van der Waals surface area contributed by atoms with E-state index >= 15 is 0 Å². The zero-order valence-electron chi connectivity index (χ0n) is 13.0. The third-order valence-corrected chi connectivity index (χ3v) is 5.18.